The van der Waals surface area contributed by atoms with Crippen LogP contribution in [0.25, 0.3) is 0 Å². The van der Waals surface area contributed by atoms with E-state index in [1.165, 1.54) is 43.3 Å². The molecule has 0 saturated carbocycles. The van der Waals surface area contributed by atoms with Crippen LogP contribution in [0.5, 0.6) is 0 Å². The highest BCUT2D eigenvalue weighted by atomic mass is 32.2. The largest absolute Gasteiger partial charge is 0.449 e. The molecule has 2 N–H and O–H groups in total. The number of nitrogens with one attached hydrogen (secondary N) is 2. The molecule has 0 saturated heterocycles. The topological polar surface area (TPSA) is 102 Å². The van der Waals surface area contributed by atoms with Crippen molar-refractivity contribution in [2.75, 3.05) is 10.0 Å². The lowest BCUT2D eigenvalue weighted by Gasteiger charge is -2.15. The van der Waals surface area contributed by atoms with Crippen LogP contribution in [0.2, 0.25) is 0 Å². The Kier molecular flexibility index (Phi) is 7.13. The van der Waals surface area contributed by atoms with Crippen molar-refractivity contribution in [2.45, 2.75) is 31.8 Å². The first kappa shape index (κ1) is 23.9. The molecule has 0 aliphatic rings. The van der Waals surface area contributed by atoms with Crippen LogP contribution in [0, 0.1) is 19.7 Å². The van der Waals surface area contributed by atoms with Crippen LogP contribution in [0.15, 0.2) is 71.6 Å². The average molecular weight is 471 g/mol. The van der Waals surface area contributed by atoms with Gasteiger partial charge >= 0.3 is 5.97 Å². The number of carbonyl (C=O) groups is 2. The summed E-state index contributed by atoms with van der Waals surface area (Å²) in [7, 11) is -4.09. The summed E-state index contributed by atoms with van der Waals surface area (Å²) >= 11 is 0. The molecule has 0 radical (unpaired) electrons. The summed E-state index contributed by atoms with van der Waals surface area (Å²) in [4.78, 5) is 24.7. The van der Waals surface area contributed by atoms with Crippen molar-refractivity contribution < 1.29 is 27.1 Å². The van der Waals surface area contributed by atoms with Gasteiger partial charge < -0.3 is 10.1 Å². The van der Waals surface area contributed by atoms with Crippen molar-refractivity contribution in [2.24, 2.45) is 0 Å². The molecule has 7 nitrogen and oxygen atoms in total. The minimum atomic E-state index is -4.09. The van der Waals surface area contributed by atoms with Crippen LogP contribution < -0.4 is 10.0 Å². The molecule has 1 amide bonds. The van der Waals surface area contributed by atoms with Crippen LogP contribution in [0.4, 0.5) is 15.8 Å². The molecule has 0 aromatic heterocycles. The molecule has 33 heavy (non-hydrogen) atoms. The molecule has 0 aliphatic heterocycles. The summed E-state index contributed by atoms with van der Waals surface area (Å²) in [5, 5.41) is 2.67. The summed E-state index contributed by atoms with van der Waals surface area (Å²) in [6.45, 7) is 4.86. The maximum absolute atomic E-state index is 13.5. The van der Waals surface area contributed by atoms with Crippen molar-refractivity contribution in [3.8, 4) is 0 Å². The fourth-order valence-corrected chi connectivity index (χ4v) is 4.34. The second-order valence-corrected chi connectivity index (χ2v) is 9.15. The van der Waals surface area contributed by atoms with E-state index in [1.54, 1.807) is 25.1 Å². The molecule has 172 valence electrons. The summed E-state index contributed by atoms with van der Waals surface area (Å²) in [5.41, 5.74) is 2.04. The minimum absolute atomic E-state index is 0.0429. The molecule has 9 heteroatoms. The van der Waals surface area contributed by atoms with Gasteiger partial charge in [-0.3, -0.25) is 9.52 Å². The van der Waals surface area contributed by atoms with Gasteiger partial charge in [-0.1, -0.05) is 24.3 Å². The molecular formula is C24H23FN2O5S. The van der Waals surface area contributed by atoms with E-state index in [0.717, 1.165) is 11.6 Å². The third kappa shape index (κ3) is 6.17. The highest BCUT2D eigenvalue weighted by Gasteiger charge is 2.21. The zero-order valence-corrected chi connectivity index (χ0v) is 19.1. The molecule has 3 rings (SSSR count). The smallest absolute Gasteiger partial charge is 0.338 e. The number of ether oxygens (including phenoxy) is 1. The van der Waals surface area contributed by atoms with Gasteiger partial charge in [0.25, 0.3) is 15.9 Å². The van der Waals surface area contributed by atoms with Gasteiger partial charge in [-0.15, -0.1) is 0 Å². The monoisotopic (exact) mass is 470 g/mol. The highest BCUT2D eigenvalue weighted by Crippen LogP contribution is 2.21. The number of esters is 1. The zero-order valence-electron chi connectivity index (χ0n) is 18.3. The molecule has 0 aliphatic carbocycles. The lowest BCUT2D eigenvalue weighted by molar-refractivity contribution is -0.123. The molecule has 3 aromatic rings. The SMILES string of the molecule is Cc1cccc(NC(=O)[C@H](C)OC(=O)c2cccc(NS(=O)(=O)c3cc(F)ccc3C)c2)c1. The quantitative estimate of drug-likeness (QED) is 0.498. The Morgan fingerprint density at radius 2 is 1.64 bits per heavy atom. The first-order valence-electron chi connectivity index (χ1n) is 10.0. The number of aryl methyl sites for hydroxylation is 2. The predicted molar refractivity (Wildman–Crippen MR) is 123 cm³/mol. The number of halogens is 1. The Morgan fingerprint density at radius 3 is 2.36 bits per heavy atom. The van der Waals surface area contributed by atoms with E-state index in [9.17, 15) is 22.4 Å². The van der Waals surface area contributed by atoms with Gasteiger partial charge in [0.2, 0.25) is 0 Å². The van der Waals surface area contributed by atoms with E-state index in [1.807, 2.05) is 13.0 Å². The lowest BCUT2D eigenvalue weighted by Crippen LogP contribution is -2.30. The molecule has 0 unspecified atom stereocenters. The number of sulfonamides is 1. The Balaban J connectivity index is 1.70. The Hall–Kier alpha value is -3.72. The molecule has 1 atom stereocenters. The maximum atomic E-state index is 13.5. The fourth-order valence-electron chi connectivity index (χ4n) is 3.03. The second-order valence-electron chi connectivity index (χ2n) is 7.50. The second kappa shape index (κ2) is 9.83. The third-order valence-corrected chi connectivity index (χ3v) is 6.25. The van der Waals surface area contributed by atoms with Crippen molar-refractivity contribution in [1.82, 2.24) is 0 Å². The predicted octanol–water partition coefficient (Wildman–Crippen LogP) is 4.43. The van der Waals surface area contributed by atoms with Crippen molar-refractivity contribution in [3.05, 3.63) is 89.2 Å². The Bertz CT molecular complexity index is 1310. The fraction of sp³-hybridized carbons (Fsp3) is 0.167. The molecule has 0 fully saturated rings. The van der Waals surface area contributed by atoms with Gasteiger partial charge in [0.05, 0.1) is 10.5 Å². The standard InChI is InChI=1S/C24H23FN2O5S/c1-15-6-4-8-20(12-15)26-23(28)17(3)32-24(29)18-7-5-9-21(13-18)27-33(30,31)22-14-19(25)11-10-16(22)2/h4-14,17,27H,1-3H3,(H,26,28)/t17-/m0/s1. The number of hydrogen-bond acceptors (Lipinski definition) is 5. The van der Waals surface area contributed by atoms with Gasteiger partial charge in [-0.25, -0.2) is 17.6 Å². The number of amides is 1. The van der Waals surface area contributed by atoms with E-state index < -0.39 is 33.8 Å². The summed E-state index contributed by atoms with van der Waals surface area (Å²) < 4.78 is 46.4. The van der Waals surface area contributed by atoms with E-state index >= 15 is 0 Å². The van der Waals surface area contributed by atoms with Crippen molar-refractivity contribution >= 4 is 33.3 Å². The third-order valence-electron chi connectivity index (χ3n) is 4.73. The molecule has 3 aromatic carbocycles. The number of carbonyl (C=O) groups excluding carboxylic acids is 2. The van der Waals surface area contributed by atoms with Gasteiger partial charge in [-0.05, 0) is 74.4 Å². The van der Waals surface area contributed by atoms with Gasteiger partial charge in [0.1, 0.15) is 5.82 Å². The average Bonchev–Trinajstić information content (AvgIpc) is 2.75. The van der Waals surface area contributed by atoms with Gasteiger partial charge in [0.15, 0.2) is 6.10 Å². The van der Waals surface area contributed by atoms with Crippen LogP contribution in [-0.2, 0) is 19.6 Å². The van der Waals surface area contributed by atoms with E-state index in [0.29, 0.717) is 11.3 Å². The van der Waals surface area contributed by atoms with E-state index in [-0.39, 0.29) is 16.1 Å². The van der Waals surface area contributed by atoms with E-state index in [4.69, 9.17) is 4.74 Å². The zero-order chi connectivity index (χ0) is 24.2. The number of hydrogen-bond donors (Lipinski definition) is 2. The summed E-state index contributed by atoms with van der Waals surface area (Å²) in [6, 6.07) is 16.2. The first-order valence-corrected chi connectivity index (χ1v) is 11.5. The first-order chi connectivity index (χ1) is 15.5. The number of anilines is 2. The highest BCUT2D eigenvalue weighted by molar-refractivity contribution is 7.92. The van der Waals surface area contributed by atoms with Crippen LogP contribution in [0.3, 0.4) is 0 Å². The Labute approximate surface area is 191 Å². The Morgan fingerprint density at radius 1 is 0.939 bits per heavy atom. The minimum Gasteiger partial charge on any atom is -0.449 e. The molecule has 0 bridgehead atoms. The number of benzene rings is 3. The van der Waals surface area contributed by atoms with Crippen molar-refractivity contribution in [1.29, 1.82) is 0 Å². The normalized spacial score (nSPS) is 12.0. The van der Waals surface area contributed by atoms with Gasteiger partial charge in [-0.2, -0.15) is 0 Å². The summed E-state index contributed by atoms with van der Waals surface area (Å²) in [5.74, 6) is -1.99. The maximum Gasteiger partial charge on any atom is 0.338 e. The van der Waals surface area contributed by atoms with Crippen LogP contribution >= 0.6 is 0 Å². The van der Waals surface area contributed by atoms with Gasteiger partial charge in [0, 0.05) is 11.4 Å². The molecular weight excluding hydrogens is 447 g/mol. The molecule has 0 heterocycles. The van der Waals surface area contributed by atoms with Crippen LogP contribution in [0.1, 0.15) is 28.4 Å². The van der Waals surface area contributed by atoms with Crippen LogP contribution in [-0.4, -0.2) is 26.4 Å². The lowest BCUT2D eigenvalue weighted by atomic mass is 10.2. The van der Waals surface area contributed by atoms with E-state index in [2.05, 4.69) is 10.0 Å². The number of rotatable bonds is 7. The summed E-state index contributed by atoms with van der Waals surface area (Å²) in [6.07, 6.45) is -1.09. The molecule has 0 spiro atoms. The van der Waals surface area contributed by atoms with Crippen molar-refractivity contribution in [3.63, 3.8) is 0 Å².